The SMILES string of the molecule is CC1(C)C=C(Cc2ccoc2)C(C)(C)N1O. The summed E-state index contributed by atoms with van der Waals surface area (Å²) in [5.41, 5.74) is 1.75. The van der Waals surface area contributed by atoms with Crippen molar-refractivity contribution in [2.45, 2.75) is 45.2 Å². The van der Waals surface area contributed by atoms with Gasteiger partial charge in [0, 0.05) is 0 Å². The molecule has 1 aliphatic rings. The Kier molecular flexibility index (Phi) is 2.48. The first-order valence-corrected chi connectivity index (χ1v) is 5.56. The molecule has 2 rings (SSSR count). The summed E-state index contributed by atoms with van der Waals surface area (Å²) in [5, 5.41) is 11.6. The molecule has 3 nitrogen and oxygen atoms in total. The van der Waals surface area contributed by atoms with Gasteiger partial charge in [0.05, 0.1) is 23.6 Å². The molecule has 88 valence electrons. The van der Waals surface area contributed by atoms with Crippen molar-refractivity contribution in [3.05, 3.63) is 35.8 Å². The molecular formula is C13H19NO2. The Labute approximate surface area is 96.3 Å². The van der Waals surface area contributed by atoms with E-state index in [9.17, 15) is 5.21 Å². The molecule has 16 heavy (non-hydrogen) atoms. The van der Waals surface area contributed by atoms with Gasteiger partial charge in [0.2, 0.25) is 0 Å². The number of furan rings is 1. The molecule has 0 amide bonds. The average Bonchev–Trinajstić information content (AvgIpc) is 2.72. The van der Waals surface area contributed by atoms with Gasteiger partial charge in [-0.05, 0) is 51.3 Å². The largest absolute Gasteiger partial charge is 0.472 e. The topological polar surface area (TPSA) is 36.6 Å². The molecule has 1 aliphatic heterocycles. The molecule has 1 aromatic heterocycles. The van der Waals surface area contributed by atoms with Crippen molar-refractivity contribution in [2.75, 3.05) is 0 Å². The predicted octanol–water partition coefficient (Wildman–Crippen LogP) is 3.01. The second kappa shape index (κ2) is 3.47. The van der Waals surface area contributed by atoms with Crippen LogP contribution in [0.15, 0.2) is 34.7 Å². The van der Waals surface area contributed by atoms with Crippen LogP contribution in [0.5, 0.6) is 0 Å². The normalized spacial score (nSPS) is 23.4. The van der Waals surface area contributed by atoms with E-state index in [4.69, 9.17) is 4.42 Å². The second-order valence-corrected chi connectivity index (χ2v) is 5.50. The van der Waals surface area contributed by atoms with Crippen molar-refractivity contribution < 1.29 is 9.62 Å². The number of hydrogen-bond acceptors (Lipinski definition) is 3. The van der Waals surface area contributed by atoms with Gasteiger partial charge < -0.3 is 9.62 Å². The van der Waals surface area contributed by atoms with E-state index in [1.54, 1.807) is 12.5 Å². The summed E-state index contributed by atoms with van der Waals surface area (Å²) in [6.07, 6.45) is 6.40. The van der Waals surface area contributed by atoms with E-state index in [2.05, 4.69) is 6.08 Å². The van der Waals surface area contributed by atoms with E-state index in [1.807, 2.05) is 33.8 Å². The molecule has 0 bridgehead atoms. The molecule has 0 spiro atoms. The smallest absolute Gasteiger partial charge is 0.0937 e. The minimum absolute atomic E-state index is 0.303. The number of hydroxylamine groups is 2. The molecule has 0 saturated heterocycles. The van der Waals surface area contributed by atoms with Gasteiger partial charge >= 0.3 is 0 Å². The molecule has 0 atom stereocenters. The molecule has 0 aliphatic carbocycles. The fraction of sp³-hybridized carbons (Fsp3) is 0.538. The Morgan fingerprint density at radius 2 is 2.00 bits per heavy atom. The van der Waals surface area contributed by atoms with E-state index < -0.39 is 0 Å². The van der Waals surface area contributed by atoms with Crippen LogP contribution in [0.4, 0.5) is 0 Å². The summed E-state index contributed by atoms with van der Waals surface area (Å²) in [7, 11) is 0. The Bertz CT molecular complexity index is 402. The fourth-order valence-electron chi connectivity index (χ4n) is 2.40. The van der Waals surface area contributed by atoms with Crippen LogP contribution >= 0.6 is 0 Å². The van der Waals surface area contributed by atoms with E-state index in [1.165, 1.54) is 10.6 Å². The van der Waals surface area contributed by atoms with E-state index in [-0.39, 0.29) is 11.1 Å². The van der Waals surface area contributed by atoms with Crippen LogP contribution in [-0.4, -0.2) is 21.3 Å². The van der Waals surface area contributed by atoms with Gasteiger partial charge in [0.25, 0.3) is 0 Å². The third-order valence-corrected chi connectivity index (χ3v) is 3.36. The van der Waals surface area contributed by atoms with E-state index >= 15 is 0 Å². The third kappa shape index (κ3) is 1.70. The molecule has 1 aromatic rings. The van der Waals surface area contributed by atoms with Crippen LogP contribution in [-0.2, 0) is 6.42 Å². The van der Waals surface area contributed by atoms with Crippen molar-refractivity contribution in [1.82, 2.24) is 5.06 Å². The highest BCUT2D eigenvalue weighted by molar-refractivity contribution is 5.33. The second-order valence-electron chi connectivity index (χ2n) is 5.50. The molecule has 0 fully saturated rings. The molecule has 0 unspecified atom stereocenters. The minimum Gasteiger partial charge on any atom is -0.472 e. The lowest BCUT2D eigenvalue weighted by Crippen LogP contribution is -2.47. The zero-order valence-corrected chi connectivity index (χ0v) is 10.3. The van der Waals surface area contributed by atoms with Crippen molar-refractivity contribution in [3.63, 3.8) is 0 Å². The van der Waals surface area contributed by atoms with Gasteiger partial charge in [0.1, 0.15) is 0 Å². The summed E-state index contributed by atoms with van der Waals surface area (Å²) in [5.74, 6) is 0. The zero-order valence-electron chi connectivity index (χ0n) is 10.3. The van der Waals surface area contributed by atoms with Crippen LogP contribution < -0.4 is 0 Å². The number of rotatable bonds is 2. The van der Waals surface area contributed by atoms with Gasteiger partial charge in [-0.3, -0.25) is 0 Å². The van der Waals surface area contributed by atoms with Crippen LogP contribution in [0.1, 0.15) is 33.3 Å². The maximum atomic E-state index is 10.1. The molecule has 0 radical (unpaired) electrons. The quantitative estimate of drug-likeness (QED) is 0.780. The number of hydrogen-bond donors (Lipinski definition) is 1. The molecule has 2 heterocycles. The highest BCUT2D eigenvalue weighted by Crippen LogP contribution is 2.39. The molecule has 3 heteroatoms. The lowest BCUT2D eigenvalue weighted by Gasteiger charge is -2.36. The third-order valence-electron chi connectivity index (χ3n) is 3.36. The summed E-state index contributed by atoms with van der Waals surface area (Å²) >= 11 is 0. The Hall–Kier alpha value is -1.06. The highest BCUT2D eigenvalue weighted by Gasteiger charge is 2.44. The van der Waals surface area contributed by atoms with Gasteiger partial charge in [-0.1, -0.05) is 6.08 Å². The van der Waals surface area contributed by atoms with Crippen molar-refractivity contribution in [1.29, 1.82) is 0 Å². The van der Waals surface area contributed by atoms with Crippen LogP contribution in [0, 0.1) is 0 Å². The first-order chi connectivity index (χ1) is 7.34. The van der Waals surface area contributed by atoms with E-state index in [0.29, 0.717) is 0 Å². The number of nitrogens with zero attached hydrogens (tertiary/aromatic N) is 1. The van der Waals surface area contributed by atoms with Crippen molar-refractivity contribution in [3.8, 4) is 0 Å². The minimum atomic E-state index is -0.319. The maximum absolute atomic E-state index is 10.1. The van der Waals surface area contributed by atoms with Crippen molar-refractivity contribution >= 4 is 0 Å². The van der Waals surface area contributed by atoms with Crippen LogP contribution in [0.2, 0.25) is 0 Å². The zero-order chi connectivity index (χ0) is 12.0. The summed E-state index contributed by atoms with van der Waals surface area (Å²) in [6.45, 7) is 8.09. The Morgan fingerprint density at radius 1 is 1.31 bits per heavy atom. The Balaban J connectivity index is 2.27. The average molecular weight is 221 g/mol. The van der Waals surface area contributed by atoms with Crippen molar-refractivity contribution in [2.24, 2.45) is 0 Å². The first kappa shape index (κ1) is 11.4. The van der Waals surface area contributed by atoms with E-state index in [0.717, 1.165) is 12.0 Å². The molecular weight excluding hydrogens is 202 g/mol. The fourth-order valence-corrected chi connectivity index (χ4v) is 2.40. The molecule has 0 saturated carbocycles. The summed E-state index contributed by atoms with van der Waals surface area (Å²) < 4.78 is 5.07. The van der Waals surface area contributed by atoms with Gasteiger partial charge in [-0.25, -0.2) is 0 Å². The molecule has 0 aromatic carbocycles. The van der Waals surface area contributed by atoms with Crippen LogP contribution in [0.25, 0.3) is 0 Å². The summed E-state index contributed by atoms with van der Waals surface area (Å²) in [6, 6.07) is 1.96. The summed E-state index contributed by atoms with van der Waals surface area (Å²) in [4.78, 5) is 0. The Morgan fingerprint density at radius 3 is 2.44 bits per heavy atom. The first-order valence-electron chi connectivity index (χ1n) is 5.56. The van der Waals surface area contributed by atoms with Gasteiger partial charge in [-0.15, -0.1) is 0 Å². The standard InChI is InChI=1S/C13H19NO2/c1-12(2)8-11(13(3,4)14(12)15)7-10-5-6-16-9-10/h5-6,8-9,15H,7H2,1-4H3. The predicted molar refractivity (Wildman–Crippen MR) is 62.3 cm³/mol. The molecule has 1 N–H and O–H groups in total. The monoisotopic (exact) mass is 221 g/mol. The van der Waals surface area contributed by atoms with Crippen LogP contribution in [0.3, 0.4) is 0 Å². The van der Waals surface area contributed by atoms with Gasteiger partial charge in [0.15, 0.2) is 0 Å². The lowest BCUT2D eigenvalue weighted by molar-refractivity contribution is -0.185. The lowest BCUT2D eigenvalue weighted by atomic mass is 9.92. The van der Waals surface area contributed by atoms with Gasteiger partial charge in [-0.2, -0.15) is 5.06 Å². The highest BCUT2D eigenvalue weighted by atomic mass is 16.5. The maximum Gasteiger partial charge on any atom is 0.0937 e.